The molecule has 1 amide bonds. The van der Waals surface area contributed by atoms with Crippen LogP contribution in [-0.2, 0) is 4.79 Å². The van der Waals surface area contributed by atoms with E-state index in [1.165, 1.54) is 5.56 Å². The summed E-state index contributed by atoms with van der Waals surface area (Å²) in [6.07, 6.45) is 4.35. The van der Waals surface area contributed by atoms with E-state index in [9.17, 15) is 9.59 Å². The highest BCUT2D eigenvalue weighted by Crippen LogP contribution is 2.36. The van der Waals surface area contributed by atoms with Crippen molar-refractivity contribution in [3.8, 4) is 0 Å². The van der Waals surface area contributed by atoms with Crippen molar-refractivity contribution in [2.45, 2.75) is 6.92 Å². The zero-order chi connectivity index (χ0) is 20.4. The molecule has 0 N–H and O–H groups in total. The van der Waals surface area contributed by atoms with Crippen molar-refractivity contribution in [2.75, 3.05) is 44.3 Å². The van der Waals surface area contributed by atoms with Crippen molar-refractivity contribution >= 4 is 39.4 Å². The van der Waals surface area contributed by atoms with Crippen LogP contribution in [-0.4, -0.2) is 60.9 Å². The summed E-state index contributed by atoms with van der Waals surface area (Å²) < 4.78 is 0.728. The Hall–Kier alpha value is -2.28. The first-order valence-corrected chi connectivity index (χ1v) is 10.7. The number of hydrogen-bond acceptors (Lipinski definition) is 4. The van der Waals surface area contributed by atoms with Gasteiger partial charge in [0, 0.05) is 37.2 Å². The number of fused-ring (bicyclic) bond motifs is 1. The Kier molecular flexibility index (Phi) is 5.94. The number of ketones is 1. The highest BCUT2D eigenvalue weighted by Gasteiger charge is 2.38. The number of carbonyl (C=O) groups excluding carboxylic acids is 2. The lowest BCUT2D eigenvalue weighted by molar-refractivity contribution is -0.114. The number of amides is 1. The van der Waals surface area contributed by atoms with E-state index in [2.05, 4.69) is 50.0 Å². The number of nitrogens with zero attached hydrogens (tertiary/aromatic N) is 3. The van der Waals surface area contributed by atoms with Crippen LogP contribution in [0.25, 0.3) is 6.08 Å². The molecule has 5 nitrogen and oxygen atoms in total. The van der Waals surface area contributed by atoms with Gasteiger partial charge < -0.3 is 0 Å². The van der Waals surface area contributed by atoms with Gasteiger partial charge in [-0.2, -0.15) is 0 Å². The Bertz CT molecular complexity index is 950. The van der Waals surface area contributed by atoms with Crippen LogP contribution in [0.3, 0.4) is 0 Å². The average molecular weight is 454 g/mol. The van der Waals surface area contributed by atoms with Gasteiger partial charge in [-0.1, -0.05) is 48.6 Å². The van der Waals surface area contributed by atoms with Gasteiger partial charge in [-0.15, -0.1) is 0 Å². The van der Waals surface area contributed by atoms with Crippen LogP contribution in [0.2, 0.25) is 0 Å². The van der Waals surface area contributed by atoms with Gasteiger partial charge in [0.05, 0.1) is 17.9 Å². The molecule has 2 aliphatic heterocycles. The first-order chi connectivity index (χ1) is 14.0. The molecule has 2 aromatic rings. The summed E-state index contributed by atoms with van der Waals surface area (Å²) in [5, 5.41) is 0. The maximum atomic E-state index is 12.5. The third-order valence-electron chi connectivity index (χ3n) is 5.55. The van der Waals surface area contributed by atoms with Gasteiger partial charge in [0.25, 0.3) is 5.78 Å². The number of carbonyl (C=O) groups is 2. The minimum Gasteiger partial charge on any atom is -0.297 e. The molecule has 1 saturated heterocycles. The number of rotatable bonds is 5. The molecule has 0 aromatic heterocycles. The molecule has 2 aromatic carbocycles. The Morgan fingerprint density at radius 1 is 0.966 bits per heavy atom. The number of piperazine rings is 1. The number of aryl methyl sites for hydroxylation is 1. The van der Waals surface area contributed by atoms with Gasteiger partial charge >= 0.3 is 5.91 Å². The average Bonchev–Trinajstić information content (AvgIpc) is 2.98. The van der Waals surface area contributed by atoms with Crippen molar-refractivity contribution in [1.82, 2.24) is 9.80 Å². The molecule has 0 unspecified atom stereocenters. The molecule has 29 heavy (non-hydrogen) atoms. The number of anilines is 1. The zero-order valence-corrected chi connectivity index (χ0v) is 18.1. The van der Waals surface area contributed by atoms with E-state index in [4.69, 9.17) is 0 Å². The molecular formula is C23H24BrN3O2. The predicted octanol–water partition coefficient (Wildman–Crippen LogP) is 3.58. The van der Waals surface area contributed by atoms with Crippen molar-refractivity contribution in [3.05, 3.63) is 69.7 Å². The molecule has 0 saturated carbocycles. The maximum absolute atomic E-state index is 12.5. The summed E-state index contributed by atoms with van der Waals surface area (Å²) >= 11 is 3.47. The summed E-state index contributed by atoms with van der Waals surface area (Å²) in [5.74, 6) is -0.847. The molecule has 1 fully saturated rings. The monoisotopic (exact) mass is 453 g/mol. The number of halogens is 1. The third-order valence-corrected chi connectivity index (χ3v) is 6.57. The lowest BCUT2D eigenvalue weighted by Gasteiger charge is -2.36. The molecule has 0 radical (unpaired) electrons. The van der Waals surface area contributed by atoms with E-state index < -0.39 is 11.7 Å². The van der Waals surface area contributed by atoms with E-state index in [1.807, 2.05) is 37.3 Å². The van der Waals surface area contributed by atoms with Crippen molar-refractivity contribution < 1.29 is 9.59 Å². The fourth-order valence-corrected chi connectivity index (χ4v) is 4.32. The number of Topliss-reactive ketones (excluding diaryl/α,β-unsaturated/α-hetero) is 1. The second-order valence-corrected chi connectivity index (χ2v) is 8.32. The molecule has 2 heterocycles. The van der Waals surface area contributed by atoms with E-state index >= 15 is 0 Å². The van der Waals surface area contributed by atoms with Crippen LogP contribution in [0.1, 0.15) is 21.5 Å². The molecule has 0 spiro atoms. The largest absolute Gasteiger partial charge is 0.300 e. The molecular weight excluding hydrogens is 430 g/mol. The fraction of sp³-hybridized carbons (Fsp3) is 0.304. The molecule has 0 bridgehead atoms. The van der Waals surface area contributed by atoms with Crippen LogP contribution in [0.4, 0.5) is 5.69 Å². The summed E-state index contributed by atoms with van der Waals surface area (Å²) in [6.45, 7) is 6.94. The third kappa shape index (κ3) is 4.20. The van der Waals surface area contributed by atoms with Crippen LogP contribution < -0.4 is 4.90 Å². The van der Waals surface area contributed by atoms with Gasteiger partial charge in [-0.3, -0.25) is 24.3 Å². The minimum absolute atomic E-state index is 0.416. The smallest absolute Gasteiger partial charge is 0.297 e. The van der Waals surface area contributed by atoms with E-state index in [0.717, 1.165) is 42.8 Å². The highest BCUT2D eigenvalue weighted by atomic mass is 79.9. The fourth-order valence-electron chi connectivity index (χ4n) is 3.81. The minimum atomic E-state index is -0.431. The standard InChI is InChI=1S/C23H24BrN3O2/c1-17-9-10-19-20(21(17)24)22(28)23(29)27(19)16-26-14-12-25(13-15-26)11-5-8-18-6-3-2-4-7-18/h2-10H,11-16H2,1H3. The Balaban J connectivity index is 1.34. The van der Waals surface area contributed by atoms with Crippen LogP contribution >= 0.6 is 15.9 Å². The SMILES string of the molecule is Cc1ccc2c(c1Br)C(=O)C(=O)N2CN1CCN(CC=Cc2ccccc2)CC1. The topological polar surface area (TPSA) is 43.9 Å². The molecule has 2 aliphatic rings. The highest BCUT2D eigenvalue weighted by molar-refractivity contribution is 9.10. The molecule has 4 rings (SSSR count). The van der Waals surface area contributed by atoms with Gasteiger partial charge in [-0.05, 0) is 40.0 Å². The van der Waals surface area contributed by atoms with Gasteiger partial charge in [0.2, 0.25) is 0 Å². The molecule has 150 valence electrons. The van der Waals surface area contributed by atoms with Crippen LogP contribution in [0, 0.1) is 6.92 Å². The second-order valence-electron chi connectivity index (χ2n) is 7.53. The van der Waals surface area contributed by atoms with Gasteiger partial charge in [0.1, 0.15) is 0 Å². The Morgan fingerprint density at radius 2 is 1.66 bits per heavy atom. The lowest BCUT2D eigenvalue weighted by Crippen LogP contribution is -2.50. The van der Waals surface area contributed by atoms with Gasteiger partial charge in [-0.25, -0.2) is 0 Å². The van der Waals surface area contributed by atoms with E-state index in [-0.39, 0.29) is 0 Å². The number of hydrogen-bond donors (Lipinski definition) is 0. The van der Waals surface area contributed by atoms with Crippen LogP contribution in [0.5, 0.6) is 0 Å². The van der Waals surface area contributed by atoms with Gasteiger partial charge in [0.15, 0.2) is 0 Å². The summed E-state index contributed by atoms with van der Waals surface area (Å²) in [7, 11) is 0. The summed E-state index contributed by atoms with van der Waals surface area (Å²) in [5.41, 5.74) is 3.39. The normalized spacial score (nSPS) is 18.1. The lowest BCUT2D eigenvalue weighted by atomic mass is 10.1. The molecule has 0 atom stereocenters. The Morgan fingerprint density at radius 3 is 2.38 bits per heavy atom. The second kappa shape index (κ2) is 8.61. The summed E-state index contributed by atoms with van der Waals surface area (Å²) in [6, 6.07) is 14.1. The predicted molar refractivity (Wildman–Crippen MR) is 119 cm³/mol. The van der Waals surface area contributed by atoms with E-state index in [1.54, 1.807) is 4.90 Å². The Labute approximate surface area is 179 Å². The quantitative estimate of drug-likeness (QED) is 0.648. The first kappa shape index (κ1) is 20.0. The molecule has 6 heteroatoms. The van der Waals surface area contributed by atoms with Crippen molar-refractivity contribution in [1.29, 1.82) is 0 Å². The van der Waals surface area contributed by atoms with Crippen LogP contribution in [0.15, 0.2) is 53.0 Å². The maximum Gasteiger partial charge on any atom is 0.300 e. The van der Waals surface area contributed by atoms with Crippen molar-refractivity contribution in [3.63, 3.8) is 0 Å². The molecule has 0 aliphatic carbocycles. The van der Waals surface area contributed by atoms with E-state index in [0.29, 0.717) is 17.9 Å². The first-order valence-electron chi connectivity index (χ1n) is 9.86. The summed E-state index contributed by atoms with van der Waals surface area (Å²) in [4.78, 5) is 31.3. The number of benzene rings is 2. The van der Waals surface area contributed by atoms with Crippen molar-refractivity contribution in [2.24, 2.45) is 0 Å². The zero-order valence-electron chi connectivity index (χ0n) is 16.5.